The summed E-state index contributed by atoms with van der Waals surface area (Å²) < 4.78 is 13.0. The number of benzene rings is 1. The summed E-state index contributed by atoms with van der Waals surface area (Å²) >= 11 is 1.54. The van der Waals surface area contributed by atoms with Gasteiger partial charge in [-0.2, -0.15) is 9.61 Å². The highest BCUT2D eigenvalue weighted by atomic mass is 32.1. The SMILES string of the molecule is COc1ccc2c(OCc3nnc4ccc(-c5cc(C)[c]s5)nn34)ccnc2c1. The maximum absolute atomic E-state index is 6.05. The van der Waals surface area contributed by atoms with Gasteiger partial charge in [-0.3, -0.25) is 4.98 Å². The molecular formula is C21H16N5O2S. The maximum Gasteiger partial charge on any atom is 0.192 e. The molecule has 5 rings (SSSR count). The first-order valence-corrected chi connectivity index (χ1v) is 9.78. The molecule has 0 spiro atoms. The minimum atomic E-state index is 0.234. The fraction of sp³-hybridized carbons (Fsp3) is 0.143. The van der Waals surface area contributed by atoms with Gasteiger partial charge < -0.3 is 9.47 Å². The summed E-state index contributed by atoms with van der Waals surface area (Å²) in [5.74, 6) is 2.09. The molecule has 4 aromatic heterocycles. The molecule has 0 aliphatic heterocycles. The lowest BCUT2D eigenvalue weighted by atomic mass is 10.2. The Morgan fingerprint density at radius 1 is 1.10 bits per heavy atom. The Balaban J connectivity index is 1.46. The average Bonchev–Trinajstić information content (AvgIpc) is 3.37. The molecular weight excluding hydrogens is 386 g/mol. The Morgan fingerprint density at radius 2 is 2.03 bits per heavy atom. The number of rotatable bonds is 5. The zero-order valence-corrected chi connectivity index (χ0v) is 16.6. The molecule has 0 N–H and O–H groups in total. The monoisotopic (exact) mass is 402 g/mol. The zero-order valence-electron chi connectivity index (χ0n) is 15.8. The standard InChI is InChI=1S/C21H16N5O2S/c1-13-9-19(29-12-13)16-5-6-20-23-24-21(26(20)25-16)11-28-18-7-8-22-17-10-14(27-2)3-4-15(17)18/h3-10H,11H2,1-2H3. The van der Waals surface area contributed by atoms with Crippen molar-refractivity contribution in [3.8, 4) is 22.1 Å². The molecule has 1 aromatic carbocycles. The number of nitrogens with zero attached hydrogens (tertiary/aromatic N) is 5. The molecule has 0 saturated carbocycles. The molecule has 7 nitrogen and oxygen atoms in total. The van der Waals surface area contributed by atoms with Gasteiger partial charge in [-0.25, -0.2) is 0 Å². The summed E-state index contributed by atoms with van der Waals surface area (Å²) in [6.45, 7) is 2.25. The van der Waals surface area contributed by atoms with Crippen molar-refractivity contribution in [3.05, 3.63) is 65.4 Å². The third-order valence-corrected chi connectivity index (χ3v) is 5.49. The van der Waals surface area contributed by atoms with E-state index in [0.29, 0.717) is 17.2 Å². The molecule has 0 atom stereocenters. The van der Waals surface area contributed by atoms with Crippen LogP contribution in [0.5, 0.6) is 11.5 Å². The normalized spacial score (nSPS) is 11.2. The van der Waals surface area contributed by atoms with Gasteiger partial charge in [0, 0.05) is 23.0 Å². The Morgan fingerprint density at radius 3 is 2.86 bits per heavy atom. The number of aromatic nitrogens is 5. The predicted molar refractivity (Wildman–Crippen MR) is 110 cm³/mol. The lowest BCUT2D eigenvalue weighted by Crippen LogP contribution is -2.04. The molecule has 0 unspecified atom stereocenters. The number of aryl methyl sites for hydroxylation is 1. The van der Waals surface area contributed by atoms with Crippen molar-refractivity contribution in [1.82, 2.24) is 24.8 Å². The average molecular weight is 402 g/mol. The number of methoxy groups -OCH3 is 1. The highest BCUT2D eigenvalue weighted by molar-refractivity contribution is 7.13. The van der Waals surface area contributed by atoms with Crippen LogP contribution in [0, 0.1) is 12.3 Å². The number of ether oxygens (including phenoxy) is 2. The molecule has 1 radical (unpaired) electrons. The van der Waals surface area contributed by atoms with Crippen molar-refractivity contribution in [2.75, 3.05) is 7.11 Å². The molecule has 0 fully saturated rings. The molecule has 0 aliphatic carbocycles. The Bertz CT molecular complexity index is 1330. The molecule has 0 saturated heterocycles. The Labute approximate surface area is 170 Å². The van der Waals surface area contributed by atoms with Crippen LogP contribution in [-0.4, -0.2) is 31.9 Å². The smallest absolute Gasteiger partial charge is 0.192 e. The number of hydrogen-bond donors (Lipinski definition) is 0. The van der Waals surface area contributed by atoms with Gasteiger partial charge >= 0.3 is 0 Å². The molecule has 0 aliphatic rings. The van der Waals surface area contributed by atoms with E-state index in [2.05, 4.69) is 31.7 Å². The third kappa shape index (κ3) is 3.27. The van der Waals surface area contributed by atoms with Crippen LogP contribution in [0.2, 0.25) is 0 Å². The fourth-order valence-corrected chi connectivity index (χ4v) is 3.85. The van der Waals surface area contributed by atoms with Crippen molar-refractivity contribution in [2.24, 2.45) is 0 Å². The molecule has 4 heterocycles. The van der Waals surface area contributed by atoms with Crippen LogP contribution in [0.25, 0.3) is 27.1 Å². The second-order valence-corrected chi connectivity index (χ2v) is 7.33. The first kappa shape index (κ1) is 17.6. The molecule has 0 amide bonds. The first-order chi connectivity index (χ1) is 14.2. The summed E-state index contributed by atoms with van der Waals surface area (Å²) in [5, 5.41) is 17.2. The van der Waals surface area contributed by atoms with Gasteiger partial charge in [0.05, 0.1) is 17.5 Å². The van der Waals surface area contributed by atoms with Gasteiger partial charge in [0.15, 0.2) is 11.5 Å². The van der Waals surface area contributed by atoms with Crippen molar-refractivity contribution < 1.29 is 9.47 Å². The second kappa shape index (κ2) is 7.14. The van der Waals surface area contributed by atoms with E-state index in [0.717, 1.165) is 32.8 Å². The second-order valence-electron chi connectivity index (χ2n) is 6.48. The van der Waals surface area contributed by atoms with Gasteiger partial charge in [0.2, 0.25) is 0 Å². The van der Waals surface area contributed by atoms with Crippen LogP contribution < -0.4 is 9.47 Å². The summed E-state index contributed by atoms with van der Waals surface area (Å²) in [4.78, 5) is 5.44. The number of thiophene rings is 1. The van der Waals surface area contributed by atoms with Gasteiger partial charge in [0.25, 0.3) is 0 Å². The van der Waals surface area contributed by atoms with Gasteiger partial charge in [-0.1, -0.05) is 0 Å². The first-order valence-electron chi connectivity index (χ1n) is 8.96. The largest absolute Gasteiger partial charge is 0.497 e. The summed E-state index contributed by atoms with van der Waals surface area (Å²) in [7, 11) is 1.63. The molecule has 5 aromatic rings. The van der Waals surface area contributed by atoms with E-state index < -0.39 is 0 Å². The van der Waals surface area contributed by atoms with Crippen LogP contribution in [0.1, 0.15) is 11.4 Å². The topological polar surface area (TPSA) is 74.4 Å². The van der Waals surface area contributed by atoms with Crippen LogP contribution in [0.4, 0.5) is 0 Å². The van der Waals surface area contributed by atoms with E-state index in [1.807, 2.05) is 43.3 Å². The molecule has 0 bridgehead atoms. The van der Waals surface area contributed by atoms with E-state index in [1.165, 1.54) is 0 Å². The van der Waals surface area contributed by atoms with Gasteiger partial charge in [0.1, 0.15) is 23.8 Å². The van der Waals surface area contributed by atoms with Crippen LogP contribution in [0.3, 0.4) is 0 Å². The summed E-state index contributed by atoms with van der Waals surface area (Å²) in [5.41, 5.74) is 3.43. The molecule has 29 heavy (non-hydrogen) atoms. The lowest BCUT2D eigenvalue weighted by molar-refractivity contribution is 0.296. The van der Waals surface area contributed by atoms with E-state index in [4.69, 9.17) is 9.47 Å². The van der Waals surface area contributed by atoms with E-state index >= 15 is 0 Å². The zero-order chi connectivity index (χ0) is 19.8. The number of pyridine rings is 1. The maximum atomic E-state index is 6.05. The van der Waals surface area contributed by atoms with Gasteiger partial charge in [-0.05, 0) is 48.9 Å². The summed E-state index contributed by atoms with van der Waals surface area (Å²) in [6, 6.07) is 13.4. The minimum Gasteiger partial charge on any atom is -0.497 e. The lowest BCUT2D eigenvalue weighted by Gasteiger charge is -2.09. The van der Waals surface area contributed by atoms with E-state index in [1.54, 1.807) is 29.2 Å². The highest BCUT2D eigenvalue weighted by Gasteiger charge is 2.12. The number of fused-ring (bicyclic) bond motifs is 2. The van der Waals surface area contributed by atoms with Crippen LogP contribution >= 0.6 is 11.3 Å². The van der Waals surface area contributed by atoms with Crippen molar-refractivity contribution in [3.63, 3.8) is 0 Å². The van der Waals surface area contributed by atoms with E-state index in [-0.39, 0.29) is 6.61 Å². The van der Waals surface area contributed by atoms with Crippen LogP contribution in [-0.2, 0) is 6.61 Å². The summed E-state index contributed by atoms with van der Waals surface area (Å²) in [6.07, 6.45) is 1.71. The Kier molecular flexibility index (Phi) is 4.33. The minimum absolute atomic E-state index is 0.234. The Hall–Kier alpha value is -3.52. The van der Waals surface area contributed by atoms with Crippen molar-refractivity contribution in [1.29, 1.82) is 0 Å². The number of hydrogen-bond acceptors (Lipinski definition) is 7. The predicted octanol–water partition coefficient (Wildman–Crippen LogP) is 4.10. The van der Waals surface area contributed by atoms with Crippen LogP contribution in [0.15, 0.2) is 48.7 Å². The quantitative estimate of drug-likeness (QED) is 0.441. The molecule has 8 heteroatoms. The van der Waals surface area contributed by atoms with Crippen molar-refractivity contribution >= 4 is 27.9 Å². The van der Waals surface area contributed by atoms with Gasteiger partial charge in [-0.15, -0.1) is 21.5 Å². The fourth-order valence-electron chi connectivity index (χ4n) is 3.07. The van der Waals surface area contributed by atoms with E-state index in [9.17, 15) is 0 Å². The molecule has 143 valence electrons. The third-order valence-electron chi connectivity index (χ3n) is 4.52. The van der Waals surface area contributed by atoms with Crippen molar-refractivity contribution in [2.45, 2.75) is 13.5 Å². The highest BCUT2D eigenvalue weighted by Crippen LogP contribution is 2.28.